The largest absolute Gasteiger partial charge is 0.458 e. The van der Waals surface area contributed by atoms with Crippen LogP contribution < -0.4 is 9.42 Å². The van der Waals surface area contributed by atoms with Gasteiger partial charge in [0, 0.05) is 28.6 Å². The van der Waals surface area contributed by atoms with Crippen LogP contribution in [0.1, 0.15) is 52.7 Å². The molecule has 0 saturated heterocycles. The lowest BCUT2D eigenvalue weighted by atomic mass is 9.86. The lowest BCUT2D eigenvalue weighted by molar-refractivity contribution is -0.660. The van der Waals surface area contributed by atoms with E-state index in [1.807, 2.05) is 16.9 Å². The van der Waals surface area contributed by atoms with Crippen LogP contribution in [0.25, 0.3) is 117 Å². The quantitative estimate of drug-likeness (QED) is 0.0905. The standard InChI is InChI=1S/C81H65N5O/c1-80(2,3)65-32-21-34-68(50-65)85-54-84(67-33-22-35-69(52-67)87-70-40-41-74-73-36-19-20-39-75(73)86(76(74)53-70)77-51-66(42-43-82-77)81(4,5)6)79(83-85)78-71(63-46-59(55-24-11-7-12-25-55)44-60(47-63)56-26-13-8-14-27-56)37-23-38-72(78)64-48-61(57-28-15-9-16-29-57)45-62(49-64)58-30-17-10-18-31-58/h7-53H,1-6H3. The normalized spacial score (nSPS) is 11.8. The van der Waals surface area contributed by atoms with Gasteiger partial charge in [0.1, 0.15) is 17.3 Å². The third-order valence-electron chi connectivity index (χ3n) is 16.6. The molecular formula is C81H65N5O. The lowest BCUT2D eigenvalue weighted by Gasteiger charge is -2.20. The highest BCUT2D eigenvalue weighted by atomic mass is 16.5. The second-order valence-electron chi connectivity index (χ2n) is 24.5. The second-order valence-corrected chi connectivity index (χ2v) is 24.5. The zero-order chi connectivity index (χ0) is 59.2. The number of nitrogens with zero attached hydrogens (tertiary/aromatic N) is 5. The first-order valence-electron chi connectivity index (χ1n) is 29.9. The summed E-state index contributed by atoms with van der Waals surface area (Å²) in [7, 11) is 0. The fraction of sp³-hybridized carbons (Fsp3) is 0.0988. The van der Waals surface area contributed by atoms with Crippen LogP contribution in [0.3, 0.4) is 0 Å². The number of benzene rings is 11. The Balaban J connectivity index is 1.00. The van der Waals surface area contributed by atoms with Crippen molar-refractivity contribution < 1.29 is 9.42 Å². The average Bonchev–Trinajstić information content (AvgIpc) is 2.17. The predicted molar refractivity (Wildman–Crippen MR) is 358 cm³/mol. The predicted octanol–water partition coefficient (Wildman–Crippen LogP) is 20.5. The van der Waals surface area contributed by atoms with Gasteiger partial charge in [-0.3, -0.25) is 9.13 Å². The molecule has 0 unspecified atom stereocenters. The summed E-state index contributed by atoms with van der Waals surface area (Å²) < 4.78 is 13.3. The zero-order valence-corrected chi connectivity index (χ0v) is 49.8. The molecule has 0 spiro atoms. The Morgan fingerprint density at radius 3 is 1.43 bits per heavy atom. The van der Waals surface area contributed by atoms with E-state index in [0.29, 0.717) is 17.3 Å². The van der Waals surface area contributed by atoms with Gasteiger partial charge in [-0.25, -0.2) is 4.98 Å². The second kappa shape index (κ2) is 22.4. The van der Waals surface area contributed by atoms with Crippen LogP contribution in [0, 0.1) is 6.33 Å². The molecule has 6 heteroatoms. The molecule has 0 bridgehead atoms. The molecule has 11 aromatic carbocycles. The summed E-state index contributed by atoms with van der Waals surface area (Å²) in [6.07, 6.45) is 5.75. The highest BCUT2D eigenvalue weighted by molar-refractivity contribution is 6.09. The van der Waals surface area contributed by atoms with Crippen molar-refractivity contribution in [3.63, 3.8) is 0 Å². The van der Waals surface area contributed by atoms with E-state index in [9.17, 15) is 0 Å². The molecule has 0 radical (unpaired) electrons. The molecule has 0 N–H and O–H groups in total. The Kier molecular flexibility index (Phi) is 14.0. The first kappa shape index (κ1) is 54.3. The van der Waals surface area contributed by atoms with E-state index in [1.54, 1.807) is 0 Å². The molecule has 0 atom stereocenters. The monoisotopic (exact) mass is 1120 g/mol. The van der Waals surface area contributed by atoms with Crippen LogP contribution in [0.4, 0.5) is 0 Å². The maximum atomic E-state index is 7.02. The Bertz CT molecular complexity index is 4580. The van der Waals surface area contributed by atoms with Gasteiger partial charge in [-0.1, -0.05) is 236 Å². The maximum Gasteiger partial charge on any atom is 0.273 e. The Hall–Kier alpha value is -10.7. The van der Waals surface area contributed by atoms with Gasteiger partial charge in [-0.2, -0.15) is 4.68 Å². The van der Waals surface area contributed by atoms with Crippen LogP contribution >= 0.6 is 0 Å². The SMILES string of the molecule is CC(C)(C)c1cccc(-[n+]2[c-]n(-c3cccc(Oc4ccc5c6ccccc6n(-c6cc(C(C)(C)C)ccn6)c5c4)c3)c(-c3c(-c4cc(-c5ccccc5)cc(-c5ccccc5)c4)cccc3-c3cc(-c4ccccc4)cc(-c4ccccc4)c3)n2)c1. The minimum absolute atomic E-state index is 0.0552. The van der Waals surface area contributed by atoms with Crippen molar-refractivity contribution in [2.75, 3.05) is 0 Å². The van der Waals surface area contributed by atoms with Crippen LogP contribution in [0.15, 0.2) is 285 Å². The van der Waals surface area contributed by atoms with Gasteiger partial charge in [0.2, 0.25) is 0 Å². The van der Waals surface area contributed by atoms with Crippen molar-refractivity contribution in [3.05, 3.63) is 303 Å². The molecule has 0 amide bonds. The number of hydrogen-bond donors (Lipinski definition) is 0. The summed E-state index contributed by atoms with van der Waals surface area (Å²) in [5.74, 6) is 2.93. The van der Waals surface area contributed by atoms with Gasteiger partial charge in [0.25, 0.3) is 6.33 Å². The van der Waals surface area contributed by atoms with Crippen molar-refractivity contribution in [1.82, 2.24) is 19.2 Å². The number of ether oxygens (including phenoxy) is 1. The third-order valence-corrected chi connectivity index (χ3v) is 16.6. The summed E-state index contributed by atoms with van der Waals surface area (Å²) in [4.78, 5) is 4.96. The Morgan fingerprint density at radius 2 is 0.862 bits per heavy atom. The molecule has 0 aliphatic heterocycles. The van der Waals surface area contributed by atoms with E-state index in [0.717, 1.165) is 111 Å². The fourth-order valence-corrected chi connectivity index (χ4v) is 12.0. The van der Waals surface area contributed by atoms with Crippen molar-refractivity contribution in [2.45, 2.75) is 52.4 Å². The minimum atomic E-state index is -0.113. The number of fused-ring (bicyclic) bond motifs is 3. The smallest absolute Gasteiger partial charge is 0.273 e. The van der Waals surface area contributed by atoms with Gasteiger partial charge >= 0.3 is 0 Å². The van der Waals surface area contributed by atoms with Crippen LogP contribution in [-0.4, -0.2) is 19.2 Å². The molecular weight excluding hydrogens is 1060 g/mol. The molecule has 3 aromatic heterocycles. The highest BCUT2D eigenvalue weighted by Crippen LogP contribution is 2.45. The van der Waals surface area contributed by atoms with Crippen molar-refractivity contribution in [3.8, 4) is 107 Å². The van der Waals surface area contributed by atoms with Crippen molar-refractivity contribution >= 4 is 21.8 Å². The maximum absolute atomic E-state index is 7.02. The molecule has 3 heterocycles. The van der Waals surface area contributed by atoms with Gasteiger partial charge < -0.3 is 4.74 Å². The van der Waals surface area contributed by atoms with Gasteiger partial charge in [0.05, 0.1) is 22.4 Å². The minimum Gasteiger partial charge on any atom is -0.458 e. The molecule has 420 valence electrons. The summed E-state index contributed by atoms with van der Waals surface area (Å²) in [6, 6.07) is 99.6. The summed E-state index contributed by atoms with van der Waals surface area (Å²) in [5, 5.41) is 8.02. The zero-order valence-electron chi connectivity index (χ0n) is 49.8. The molecule has 6 nitrogen and oxygen atoms in total. The highest BCUT2D eigenvalue weighted by Gasteiger charge is 2.26. The Labute approximate surface area is 509 Å². The number of hydrogen-bond acceptors (Lipinski definition) is 3. The third kappa shape index (κ3) is 10.8. The van der Waals surface area contributed by atoms with E-state index in [2.05, 4.69) is 330 Å². The summed E-state index contributed by atoms with van der Waals surface area (Å²) >= 11 is 0. The summed E-state index contributed by atoms with van der Waals surface area (Å²) in [6.45, 7) is 13.5. The first-order chi connectivity index (χ1) is 42.4. The fourth-order valence-electron chi connectivity index (χ4n) is 12.0. The van der Waals surface area contributed by atoms with E-state index < -0.39 is 0 Å². The van der Waals surface area contributed by atoms with Crippen molar-refractivity contribution in [1.29, 1.82) is 0 Å². The van der Waals surface area contributed by atoms with Crippen LogP contribution in [-0.2, 0) is 10.8 Å². The molecule has 0 fully saturated rings. The molecule has 0 aliphatic carbocycles. The molecule has 0 aliphatic rings. The Morgan fingerprint density at radius 1 is 0.379 bits per heavy atom. The number of pyridine rings is 1. The molecule has 14 rings (SSSR count). The van der Waals surface area contributed by atoms with Crippen LogP contribution in [0.2, 0.25) is 0 Å². The molecule has 14 aromatic rings. The van der Waals surface area contributed by atoms with E-state index in [1.165, 1.54) is 11.1 Å². The van der Waals surface area contributed by atoms with Crippen LogP contribution in [0.5, 0.6) is 11.5 Å². The van der Waals surface area contributed by atoms with E-state index in [-0.39, 0.29) is 10.8 Å². The van der Waals surface area contributed by atoms with E-state index >= 15 is 0 Å². The van der Waals surface area contributed by atoms with E-state index in [4.69, 9.17) is 14.8 Å². The van der Waals surface area contributed by atoms with Crippen molar-refractivity contribution in [2.24, 2.45) is 0 Å². The summed E-state index contributed by atoms with van der Waals surface area (Å²) in [5.41, 5.74) is 20.1. The van der Waals surface area contributed by atoms with Gasteiger partial charge in [0.15, 0.2) is 5.82 Å². The molecule has 87 heavy (non-hydrogen) atoms. The first-order valence-corrected chi connectivity index (χ1v) is 29.9. The number of aromatic nitrogens is 5. The van der Waals surface area contributed by atoms with Gasteiger partial charge in [-0.05, 0) is 168 Å². The number of para-hydroxylation sites is 1. The molecule has 0 saturated carbocycles. The van der Waals surface area contributed by atoms with Gasteiger partial charge in [-0.15, -0.1) is 5.10 Å². The number of rotatable bonds is 12. The lowest BCUT2D eigenvalue weighted by Crippen LogP contribution is -2.33. The average molecular weight is 1120 g/mol. The topological polar surface area (TPSA) is 48.8 Å².